The number of hydrogen-bond donors (Lipinski definition) is 1. The number of aliphatic hydroxyl groups is 1. The van der Waals surface area contributed by atoms with Crippen molar-refractivity contribution in [2.24, 2.45) is 11.8 Å². The molecule has 213 valence electrons. The van der Waals surface area contributed by atoms with Crippen LogP contribution in [-0.4, -0.2) is 23.9 Å². The van der Waals surface area contributed by atoms with Crippen LogP contribution in [0.4, 0.5) is 0 Å². The van der Waals surface area contributed by atoms with E-state index in [1.165, 1.54) is 33.3 Å². The van der Waals surface area contributed by atoms with Crippen LogP contribution in [-0.2, 0) is 24.9 Å². The van der Waals surface area contributed by atoms with E-state index >= 15 is 0 Å². The van der Waals surface area contributed by atoms with Gasteiger partial charge >= 0.3 is 0 Å². The third-order valence-electron chi connectivity index (χ3n) is 6.63. The summed E-state index contributed by atoms with van der Waals surface area (Å²) in [6.45, 7) is 18.7. The summed E-state index contributed by atoms with van der Waals surface area (Å²) in [5.74, 6) is 0.161. The Bertz CT molecular complexity index is 1460. The van der Waals surface area contributed by atoms with Crippen LogP contribution in [0.2, 0.25) is 19.6 Å². The molecule has 0 aliphatic heterocycles. The van der Waals surface area contributed by atoms with Crippen LogP contribution in [0.15, 0.2) is 78.6 Å². The zero-order valence-electron chi connectivity index (χ0n) is 25.2. The van der Waals surface area contributed by atoms with Gasteiger partial charge in [-0.1, -0.05) is 115 Å². The Hall–Kier alpha value is -2.85. The first kappa shape index (κ1) is 33.4. The molecule has 3 nitrogen and oxygen atoms in total. The van der Waals surface area contributed by atoms with Crippen LogP contribution >= 0.6 is 0 Å². The largest absolute Gasteiger partial charge is 0.512 e. The summed E-state index contributed by atoms with van der Waals surface area (Å²) in [6.07, 6.45) is 1.31. The van der Waals surface area contributed by atoms with Gasteiger partial charge in [0, 0.05) is 43.4 Å². The first-order chi connectivity index (χ1) is 18.3. The van der Waals surface area contributed by atoms with E-state index in [4.69, 9.17) is 4.98 Å². The summed E-state index contributed by atoms with van der Waals surface area (Å²) >= 11 is 0. The van der Waals surface area contributed by atoms with Gasteiger partial charge in [-0.2, -0.15) is 0 Å². The molecule has 0 atom stereocenters. The van der Waals surface area contributed by atoms with Gasteiger partial charge in [-0.05, 0) is 22.9 Å². The third-order valence-corrected chi connectivity index (χ3v) is 8.65. The Morgan fingerprint density at radius 3 is 2.10 bits per heavy atom. The monoisotopic (exact) mass is 729 g/mol. The fraction of sp³-hybridized carbons (Fsp3) is 0.314. The number of rotatable bonds is 6. The van der Waals surface area contributed by atoms with Gasteiger partial charge in [0.05, 0.1) is 19.3 Å². The molecule has 0 saturated carbocycles. The number of nitrogens with zero attached hydrogens (tertiary/aromatic N) is 1. The molecule has 0 spiro atoms. The van der Waals surface area contributed by atoms with Gasteiger partial charge in [-0.3, -0.25) is 9.78 Å². The normalized spacial score (nSPS) is 11.7. The molecule has 1 heterocycles. The molecule has 0 fully saturated rings. The van der Waals surface area contributed by atoms with E-state index in [2.05, 4.69) is 106 Å². The zero-order valence-corrected chi connectivity index (χ0v) is 28.6. The van der Waals surface area contributed by atoms with Crippen LogP contribution in [0.25, 0.3) is 33.3 Å². The van der Waals surface area contributed by atoms with Crippen molar-refractivity contribution in [3.8, 4) is 22.4 Å². The molecular weight excluding hydrogens is 687 g/mol. The van der Waals surface area contributed by atoms with Crippen molar-refractivity contribution in [2.45, 2.75) is 61.2 Å². The number of carbonyl (C=O) groups is 1. The predicted molar refractivity (Wildman–Crippen MR) is 169 cm³/mol. The number of pyridine rings is 1. The Balaban J connectivity index is 0.000000400. The Morgan fingerprint density at radius 1 is 0.900 bits per heavy atom. The summed E-state index contributed by atoms with van der Waals surface area (Å²) in [4.78, 5) is 16.1. The van der Waals surface area contributed by atoms with Crippen molar-refractivity contribution in [1.82, 2.24) is 4.98 Å². The second-order valence-electron chi connectivity index (χ2n) is 11.9. The molecule has 0 saturated heterocycles. The molecule has 1 aromatic heterocycles. The average molecular weight is 729 g/mol. The maximum Gasteiger partial charge on any atom is 0.161 e. The minimum absolute atomic E-state index is 0. The number of benzene rings is 3. The molecular formula is C35H42IrNO2Si-. The first-order valence-corrected chi connectivity index (χ1v) is 17.2. The molecule has 0 bridgehead atoms. The van der Waals surface area contributed by atoms with E-state index in [-0.39, 0.29) is 43.5 Å². The molecule has 3 aromatic carbocycles. The molecule has 0 aliphatic carbocycles. The van der Waals surface area contributed by atoms with Gasteiger partial charge in [0.1, 0.15) is 0 Å². The predicted octanol–water partition coefficient (Wildman–Crippen LogP) is 8.84. The van der Waals surface area contributed by atoms with E-state index in [9.17, 15) is 9.90 Å². The molecule has 4 rings (SSSR count). The zero-order chi connectivity index (χ0) is 28.9. The Kier molecular flexibility index (Phi) is 11.8. The van der Waals surface area contributed by atoms with Gasteiger partial charge in [0.25, 0.3) is 0 Å². The number of aryl methyl sites for hydroxylation is 2. The molecule has 0 aliphatic rings. The Morgan fingerprint density at radius 2 is 1.55 bits per heavy atom. The number of aromatic nitrogens is 1. The van der Waals surface area contributed by atoms with Crippen molar-refractivity contribution >= 4 is 29.9 Å². The molecule has 0 amide bonds. The number of aliphatic hydroxyl groups excluding tert-OH is 1. The maximum atomic E-state index is 11.0. The van der Waals surface area contributed by atoms with Crippen molar-refractivity contribution < 1.29 is 30.0 Å². The van der Waals surface area contributed by atoms with Gasteiger partial charge in [-0.15, -0.1) is 34.9 Å². The molecule has 1 N–H and O–H groups in total. The van der Waals surface area contributed by atoms with E-state index in [0.29, 0.717) is 0 Å². The second-order valence-corrected chi connectivity index (χ2v) is 17.0. The quantitative estimate of drug-likeness (QED) is 0.0935. The smallest absolute Gasteiger partial charge is 0.161 e. The summed E-state index contributed by atoms with van der Waals surface area (Å²) in [6, 6.07) is 27.5. The summed E-state index contributed by atoms with van der Waals surface area (Å²) in [5, 5.41) is 11.8. The van der Waals surface area contributed by atoms with Crippen molar-refractivity contribution in [3.05, 3.63) is 95.8 Å². The van der Waals surface area contributed by atoms with Crippen molar-refractivity contribution in [3.63, 3.8) is 0 Å². The van der Waals surface area contributed by atoms with Crippen LogP contribution in [0.1, 0.15) is 38.8 Å². The van der Waals surface area contributed by atoms with Gasteiger partial charge in [0.2, 0.25) is 0 Å². The fourth-order valence-corrected chi connectivity index (χ4v) is 5.33. The van der Waals surface area contributed by atoms with E-state index < -0.39 is 8.07 Å². The molecule has 4 aromatic rings. The second kappa shape index (κ2) is 14.2. The minimum Gasteiger partial charge on any atom is -0.512 e. The maximum absolute atomic E-state index is 11.0. The topological polar surface area (TPSA) is 50.2 Å². The van der Waals surface area contributed by atoms with Gasteiger partial charge in [0.15, 0.2) is 5.78 Å². The van der Waals surface area contributed by atoms with E-state index in [0.717, 1.165) is 22.3 Å². The summed E-state index contributed by atoms with van der Waals surface area (Å²) < 4.78 is 0. The van der Waals surface area contributed by atoms with E-state index in [1.807, 2.05) is 27.7 Å². The number of hydrogen-bond acceptors (Lipinski definition) is 3. The van der Waals surface area contributed by atoms with E-state index in [1.54, 1.807) is 0 Å². The SMILES string of the molecule is CC(C)C(=O)/C=C(\O)C(C)C.Cc1[c-]c(-c2ccc3c(-c4ccccc4)cc([Si](C)(C)C)cc3n2)cc(C)c1.[Ir]. The number of allylic oxidation sites excluding steroid dienone is 2. The Labute approximate surface area is 255 Å². The van der Waals surface area contributed by atoms with Crippen molar-refractivity contribution in [2.75, 3.05) is 0 Å². The fourth-order valence-electron chi connectivity index (χ4n) is 4.19. The van der Waals surface area contributed by atoms with Crippen LogP contribution in [0.3, 0.4) is 0 Å². The van der Waals surface area contributed by atoms with Crippen molar-refractivity contribution in [1.29, 1.82) is 0 Å². The van der Waals surface area contributed by atoms with Crippen LogP contribution in [0.5, 0.6) is 0 Å². The number of fused-ring (bicyclic) bond motifs is 1. The summed E-state index contributed by atoms with van der Waals surface area (Å²) in [7, 11) is -1.48. The minimum atomic E-state index is -1.48. The summed E-state index contributed by atoms with van der Waals surface area (Å²) in [5.41, 5.74) is 8.06. The van der Waals surface area contributed by atoms with Crippen LogP contribution in [0, 0.1) is 31.7 Å². The van der Waals surface area contributed by atoms with Gasteiger partial charge < -0.3 is 5.11 Å². The molecule has 5 heteroatoms. The standard InChI is InChI=1S/C26H26NSi.C9H16O2.Ir/c1-18-13-19(2)15-21(14-18)25-12-11-23-24(20-9-7-6-8-10-20)16-22(28(3,4)5)17-26(23)27-25;1-6(2)8(10)5-9(11)7(3)4;/h6-14,16-17H,1-5H3;5-7,10H,1-4H3;/q-1;;/b;8-5-;. The third kappa shape index (κ3) is 8.82. The number of carbonyl (C=O) groups excluding carboxylic acids is 1. The molecule has 1 radical (unpaired) electrons. The average Bonchev–Trinajstić information content (AvgIpc) is 2.87. The van der Waals surface area contributed by atoms with Gasteiger partial charge in [-0.25, -0.2) is 0 Å². The molecule has 40 heavy (non-hydrogen) atoms. The first-order valence-electron chi connectivity index (χ1n) is 13.7. The number of ketones is 1. The van der Waals surface area contributed by atoms with Crippen LogP contribution < -0.4 is 5.19 Å². The molecule has 0 unspecified atom stereocenters.